The first kappa shape index (κ1) is 9.19. The van der Waals surface area contributed by atoms with Gasteiger partial charge in [0.05, 0.1) is 6.61 Å². The van der Waals surface area contributed by atoms with Crippen LogP contribution in [0.3, 0.4) is 0 Å². The highest BCUT2D eigenvalue weighted by Crippen LogP contribution is 2.14. The maximum absolute atomic E-state index is 9.83. The Labute approximate surface area is 78.9 Å². The summed E-state index contributed by atoms with van der Waals surface area (Å²) in [7, 11) is 0. The van der Waals surface area contributed by atoms with Crippen molar-refractivity contribution in [1.82, 2.24) is 4.98 Å². The van der Waals surface area contributed by atoms with Crippen LogP contribution in [-0.4, -0.2) is 18.1 Å². The average molecular weight is 230 g/mol. The summed E-state index contributed by atoms with van der Waals surface area (Å²) in [6.45, 7) is 0.862. The number of pyridine rings is 1. The number of hydrogen-bond acceptors (Lipinski definition) is 3. The van der Waals surface area contributed by atoms with Gasteiger partial charge in [-0.05, 0) is 27.6 Å². The number of carbonyl (C=O) groups excluding carboxylic acids is 1. The zero-order valence-corrected chi connectivity index (χ0v) is 7.95. The summed E-state index contributed by atoms with van der Waals surface area (Å²) in [5.74, 6) is 0. The molecular formula is C8H8BrNO2. The summed E-state index contributed by atoms with van der Waals surface area (Å²) in [5, 5.41) is 0. The second-order valence-corrected chi connectivity index (χ2v) is 3.04. The molecule has 0 bridgehead atoms. The molecular weight excluding hydrogens is 222 g/mol. The van der Waals surface area contributed by atoms with Crippen molar-refractivity contribution in [3.63, 3.8) is 0 Å². The second-order valence-electron chi connectivity index (χ2n) is 2.18. The number of nitrogens with zero attached hydrogens (tertiary/aromatic N) is 1. The molecule has 0 aliphatic heterocycles. The Kier molecular flexibility index (Phi) is 3.73. The van der Waals surface area contributed by atoms with E-state index in [-0.39, 0.29) is 0 Å². The summed E-state index contributed by atoms with van der Waals surface area (Å²) in [6.07, 6.45) is 4.14. The predicted molar refractivity (Wildman–Crippen MR) is 47.7 cm³/mol. The van der Waals surface area contributed by atoms with Gasteiger partial charge in [0.25, 0.3) is 6.47 Å². The van der Waals surface area contributed by atoms with Gasteiger partial charge >= 0.3 is 0 Å². The van der Waals surface area contributed by atoms with Crippen LogP contribution in [0.5, 0.6) is 0 Å². The first-order valence-corrected chi connectivity index (χ1v) is 4.27. The SMILES string of the molecule is O=COCCc1ccncc1Br. The molecule has 0 amide bonds. The number of aromatic nitrogens is 1. The maximum atomic E-state index is 9.83. The van der Waals surface area contributed by atoms with E-state index in [9.17, 15) is 4.79 Å². The van der Waals surface area contributed by atoms with Crippen LogP contribution in [0, 0.1) is 0 Å². The maximum Gasteiger partial charge on any atom is 0.293 e. The van der Waals surface area contributed by atoms with Crippen LogP contribution in [0.15, 0.2) is 22.9 Å². The van der Waals surface area contributed by atoms with Gasteiger partial charge in [-0.1, -0.05) is 0 Å². The highest BCUT2D eigenvalue weighted by molar-refractivity contribution is 9.10. The fourth-order valence-corrected chi connectivity index (χ4v) is 1.27. The van der Waals surface area contributed by atoms with E-state index in [1.165, 1.54) is 0 Å². The predicted octanol–water partition coefficient (Wildman–Crippen LogP) is 1.56. The molecule has 1 aromatic heterocycles. The molecule has 0 aliphatic carbocycles. The van der Waals surface area contributed by atoms with Crippen molar-refractivity contribution in [3.05, 3.63) is 28.5 Å². The van der Waals surface area contributed by atoms with E-state index < -0.39 is 0 Å². The summed E-state index contributed by atoms with van der Waals surface area (Å²) < 4.78 is 5.51. The van der Waals surface area contributed by atoms with E-state index in [0.29, 0.717) is 19.5 Å². The Balaban J connectivity index is 2.51. The van der Waals surface area contributed by atoms with Crippen LogP contribution in [0.25, 0.3) is 0 Å². The van der Waals surface area contributed by atoms with E-state index in [0.717, 1.165) is 10.0 Å². The molecule has 1 aromatic rings. The van der Waals surface area contributed by atoms with Crippen molar-refractivity contribution >= 4 is 22.4 Å². The minimum absolute atomic E-state index is 0.409. The van der Waals surface area contributed by atoms with Crippen LogP contribution >= 0.6 is 15.9 Å². The third-order valence-electron chi connectivity index (χ3n) is 1.41. The average Bonchev–Trinajstić information content (AvgIpc) is 2.09. The molecule has 0 spiro atoms. The van der Waals surface area contributed by atoms with Gasteiger partial charge in [-0.2, -0.15) is 0 Å². The van der Waals surface area contributed by atoms with Crippen molar-refractivity contribution in [2.45, 2.75) is 6.42 Å². The molecule has 0 unspecified atom stereocenters. The van der Waals surface area contributed by atoms with Crippen molar-refractivity contribution in [2.24, 2.45) is 0 Å². The number of carbonyl (C=O) groups is 1. The molecule has 12 heavy (non-hydrogen) atoms. The lowest BCUT2D eigenvalue weighted by Crippen LogP contribution is -1.97. The molecule has 0 aliphatic rings. The van der Waals surface area contributed by atoms with Crippen LogP contribution < -0.4 is 0 Å². The number of hydrogen-bond donors (Lipinski definition) is 0. The van der Waals surface area contributed by atoms with Gasteiger partial charge in [0.15, 0.2) is 0 Å². The van der Waals surface area contributed by atoms with Crippen molar-refractivity contribution < 1.29 is 9.53 Å². The van der Waals surface area contributed by atoms with Gasteiger partial charge < -0.3 is 4.74 Å². The van der Waals surface area contributed by atoms with Gasteiger partial charge in [0.2, 0.25) is 0 Å². The molecule has 0 atom stereocenters. The summed E-state index contributed by atoms with van der Waals surface area (Å²) in [6, 6.07) is 1.89. The second kappa shape index (κ2) is 4.87. The molecule has 0 radical (unpaired) electrons. The number of halogens is 1. The van der Waals surface area contributed by atoms with E-state index >= 15 is 0 Å². The van der Waals surface area contributed by atoms with Crippen LogP contribution in [0.2, 0.25) is 0 Å². The summed E-state index contributed by atoms with van der Waals surface area (Å²) in [4.78, 5) is 13.7. The fraction of sp³-hybridized carbons (Fsp3) is 0.250. The topological polar surface area (TPSA) is 39.2 Å². The molecule has 0 saturated heterocycles. The minimum atomic E-state index is 0.409. The van der Waals surface area contributed by atoms with Gasteiger partial charge in [0, 0.05) is 23.3 Å². The van der Waals surface area contributed by atoms with Crippen molar-refractivity contribution in [3.8, 4) is 0 Å². The Morgan fingerprint density at radius 3 is 3.17 bits per heavy atom. The smallest absolute Gasteiger partial charge is 0.293 e. The largest absolute Gasteiger partial charge is 0.468 e. The molecule has 0 fully saturated rings. The monoisotopic (exact) mass is 229 g/mol. The third-order valence-corrected chi connectivity index (χ3v) is 2.13. The highest BCUT2D eigenvalue weighted by Gasteiger charge is 1.97. The molecule has 0 saturated carbocycles. The van der Waals surface area contributed by atoms with E-state index in [2.05, 4.69) is 25.7 Å². The van der Waals surface area contributed by atoms with Crippen LogP contribution in [0.1, 0.15) is 5.56 Å². The summed E-state index contributed by atoms with van der Waals surface area (Å²) >= 11 is 3.34. The Morgan fingerprint density at radius 2 is 2.50 bits per heavy atom. The van der Waals surface area contributed by atoms with Gasteiger partial charge in [-0.3, -0.25) is 9.78 Å². The molecule has 3 nitrogen and oxygen atoms in total. The van der Waals surface area contributed by atoms with Gasteiger partial charge in [-0.25, -0.2) is 0 Å². The van der Waals surface area contributed by atoms with E-state index in [1.54, 1.807) is 12.4 Å². The van der Waals surface area contributed by atoms with Crippen LogP contribution in [0.4, 0.5) is 0 Å². The minimum Gasteiger partial charge on any atom is -0.468 e. The standard InChI is InChI=1S/C8H8BrNO2/c9-8-5-10-3-1-7(8)2-4-12-6-11/h1,3,5-6H,2,4H2. The first-order chi connectivity index (χ1) is 5.84. The lowest BCUT2D eigenvalue weighted by Gasteiger charge is -2.01. The Bertz CT molecular complexity index is 265. The normalized spacial score (nSPS) is 9.42. The Morgan fingerprint density at radius 1 is 1.67 bits per heavy atom. The van der Waals surface area contributed by atoms with Crippen LogP contribution in [-0.2, 0) is 16.0 Å². The van der Waals surface area contributed by atoms with Gasteiger partial charge in [0.1, 0.15) is 0 Å². The molecule has 0 aromatic carbocycles. The van der Waals surface area contributed by atoms with Gasteiger partial charge in [-0.15, -0.1) is 0 Å². The molecule has 1 rings (SSSR count). The molecule has 64 valence electrons. The van der Waals surface area contributed by atoms with E-state index in [1.807, 2.05) is 6.07 Å². The van der Waals surface area contributed by atoms with E-state index in [4.69, 9.17) is 0 Å². The molecule has 0 N–H and O–H groups in total. The zero-order chi connectivity index (χ0) is 8.81. The lowest BCUT2D eigenvalue weighted by molar-refractivity contribution is -0.128. The quantitative estimate of drug-likeness (QED) is 0.582. The zero-order valence-electron chi connectivity index (χ0n) is 6.37. The summed E-state index contributed by atoms with van der Waals surface area (Å²) in [5.41, 5.74) is 1.09. The third kappa shape index (κ3) is 2.62. The molecule has 1 heterocycles. The Hall–Kier alpha value is -0.900. The van der Waals surface area contributed by atoms with Crippen molar-refractivity contribution in [2.75, 3.05) is 6.61 Å². The fourth-order valence-electron chi connectivity index (χ4n) is 0.824. The first-order valence-electron chi connectivity index (χ1n) is 3.48. The number of rotatable bonds is 4. The highest BCUT2D eigenvalue weighted by atomic mass is 79.9. The number of ether oxygens (including phenoxy) is 1. The molecule has 4 heteroatoms. The lowest BCUT2D eigenvalue weighted by atomic mass is 10.2. The van der Waals surface area contributed by atoms with Crippen molar-refractivity contribution in [1.29, 1.82) is 0 Å².